The van der Waals surface area contributed by atoms with Crippen molar-refractivity contribution in [3.63, 3.8) is 0 Å². The van der Waals surface area contributed by atoms with Crippen LogP contribution in [-0.4, -0.2) is 19.8 Å². The van der Waals surface area contributed by atoms with Gasteiger partial charge in [-0.3, -0.25) is 0 Å². The van der Waals surface area contributed by atoms with Crippen molar-refractivity contribution in [2.75, 3.05) is 5.33 Å². The van der Waals surface area contributed by atoms with Gasteiger partial charge in [-0.25, -0.2) is 0 Å². The standard InChI is InChI=1S/C11H25BrOSi/c1-6-7-8-14(4,5)13-11(3)10(2)9-12/h10-11H,6-9H2,1-5H3. The first-order valence-electron chi connectivity index (χ1n) is 5.66. The molecule has 0 rings (SSSR count). The zero-order valence-corrected chi connectivity index (χ0v) is 12.9. The minimum atomic E-state index is -1.39. The second-order valence-electron chi connectivity index (χ2n) is 4.82. The van der Waals surface area contributed by atoms with E-state index >= 15 is 0 Å². The molecule has 14 heavy (non-hydrogen) atoms. The second-order valence-corrected chi connectivity index (χ2v) is 9.72. The van der Waals surface area contributed by atoms with Crippen LogP contribution in [-0.2, 0) is 4.43 Å². The molecule has 0 aromatic heterocycles. The van der Waals surface area contributed by atoms with Gasteiger partial charge in [0, 0.05) is 11.4 Å². The van der Waals surface area contributed by atoms with Gasteiger partial charge >= 0.3 is 0 Å². The Kier molecular flexibility index (Phi) is 7.35. The summed E-state index contributed by atoms with van der Waals surface area (Å²) in [5.41, 5.74) is 0. The number of unbranched alkanes of at least 4 members (excludes halogenated alkanes) is 1. The molecule has 2 atom stereocenters. The number of hydrogen-bond acceptors (Lipinski definition) is 1. The summed E-state index contributed by atoms with van der Waals surface area (Å²) >= 11 is 3.51. The molecule has 0 saturated carbocycles. The second kappa shape index (κ2) is 7.02. The molecule has 0 aliphatic rings. The van der Waals surface area contributed by atoms with Crippen LogP contribution in [0.15, 0.2) is 0 Å². The lowest BCUT2D eigenvalue weighted by atomic mass is 10.1. The summed E-state index contributed by atoms with van der Waals surface area (Å²) < 4.78 is 6.20. The van der Waals surface area contributed by atoms with E-state index < -0.39 is 8.32 Å². The molecule has 0 spiro atoms. The molecule has 0 radical (unpaired) electrons. The van der Waals surface area contributed by atoms with Gasteiger partial charge in [-0.1, -0.05) is 42.6 Å². The fourth-order valence-electron chi connectivity index (χ4n) is 1.41. The molecular weight excluding hydrogens is 256 g/mol. The van der Waals surface area contributed by atoms with Crippen molar-refractivity contribution in [3.05, 3.63) is 0 Å². The smallest absolute Gasteiger partial charge is 0.187 e. The van der Waals surface area contributed by atoms with E-state index in [-0.39, 0.29) is 0 Å². The summed E-state index contributed by atoms with van der Waals surface area (Å²) in [4.78, 5) is 0. The molecule has 0 fully saturated rings. The van der Waals surface area contributed by atoms with Gasteiger partial charge in [0.05, 0.1) is 0 Å². The van der Waals surface area contributed by atoms with Crippen molar-refractivity contribution in [1.29, 1.82) is 0 Å². The first-order valence-corrected chi connectivity index (χ1v) is 9.90. The lowest BCUT2D eigenvalue weighted by molar-refractivity contribution is 0.163. The van der Waals surface area contributed by atoms with Crippen molar-refractivity contribution in [2.45, 2.75) is 58.9 Å². The maximum atomic E-state index is 6.20. The quantitative estimate of drug-likeness (QED) is 0.495. The third-order valence-corrected chi connectivity index (χ3v) is 6.27. The molecule has 3 heteroatoms. The highest BCUT2D eigenvalue weighted by molar-refractivity contribution is 9.09. The van der Waals surface area contributed by atoms with Crippen LogP contribution in [0, 0.1) is 5.92 Å². The molecule has 0 bridgehead atoms. The van der Waals surface area contributed by atoms with Gasteiger partial charge in [-0.2, -0.15) is 0 Å². The van der Waals surface area contributed by atoms with Gasteiger partial charge < -0.3 is 4.43 Å². The van der Waals surface area contributed by atoms with Crippen molar-refractivity contribution in [2.24, 2.45) is 5.92 Å². The Morgan fingerprint density at radius 2 is 1.86 bits per heavy atom. The van der Waals surface area contributed by atoms with Gasteiger partial charge in [-0.05, 0) is 32.0 Å². The average molecular weight is 281 g/mol. The molecule has 0 amide bonds. The first kappa shape index (κ1) is 14.7. The molecule has 0 saturated heterocycles. The van der Waals surface area contributed by atoms with Crippen LogP contribution in [0.4, 0.5) is 0 Å². The van der Waals surface area contributed by atoms with Crippen LogP contribution in [0.1, 0.15) is 33.6 Å². The Hall–Kier alpha value is 0.657. The van der Waals surface area contributed by atoms with E-state index in [1.165, 1.54) is 18.9 Å². The van der Waals surface area contributed by atoms with E-state index in [1.807, 2.05) is 0 Å². The van der Waals surface area contributed by atoms with Gasteiger partial charge in [0.2, 0.25) is 0 Å². The fraction of sp³-hybridized carbons (Fsp3) is 1.00. The summed E-state index contributed by atoms with van der Waals surface area (Å²) in [5.74, 6) is 0.614. The van der Waals surface area contributed by atoms with Crippen LogP contribution in [0.3, 0.4) is 0 Å². The zero-order chi connectivity index (χ0) is 11.2. The maximum absolute atomic E-state index is 6.20. The monoisotopic (exact) mass is 280 g/mol. The largest absolute Gasteiger partial charge is 0.414 e. The predicted molar refractivity (Wildman–Crippen MR) is 70.7 cm³/mol. The van der Waals surface area contributed by atoms with Gasteiger partial charge in [0.1, 0.15) is 0 Å². The Balaban J connectivity index is 3.93. The first-order chi connectivity index (χ1) is 6.43. The molecule has 0 heterocycles. The van der Waals surface area contributed by atoms with E-state index in [2.05, 4.69) is 49.8 Å². The molecule has 0 aliphatic carbocycles. The molecule has 86 valence electrons. The van der Waals surface area contributed by atoms with E-state index in [0.717, 1.165) is 5.33 Å². The lowest BCUT2D eigenvalue weighted by Gasteiger charge is -2.30. The Morgan fingerprint density at radius 3 is 2.29 bits per heavy atom. The number of hydrogen-bond donors (Lipinski definition) is 0. The third kappa shape index (κ3) is 6.20. The van der Waals surface area contributed by atoms with Crippen LogP contribution in [0.2, 0.25) is 19.1 Å². The highest BCUT2D eigenvalue weighted by Crippen LogP contribution is 2.21. The SMILES string of the molecule is CCCC[Si](C)(C)OC(C)C(C)CBr. The summed E-state index contributed by atoms with van der Waals surface area (Å²) in [6.45, 7) is 11.4. The summed E-state index contributed by atoms with van der Waals surface area (Å²) in [7, 11) is -1.39. The molecule has 1 nitrogen and oxygen atoms in total. The Labute approximate surface area is 98.9 Å². The summed E-state index contributed by atoms with van der Waals surface area (Å²) in [6.07, 6.45) is 2.99. The lowest BCUT2D eigenvalue weighted by Crippen LogP contribution is -2.37. The summed E-state index contributed by atoms with van der Waals surface area (Å²) in [5, 5.41) is 1.03. The van der Waals surface area contributed by atoms with E-state index in [9.17, 15) is 0 Å². The van der Waals surface area contributed by atoms with Crippen LogP contribution < -0.4 is 0 Å². The van der Waals surface area contributed by atoms with Crippen LogP contribution in [0.5, 0.6) is 0 Å². The van der Waals surface area contributed by atoms with Crippen molar-refractivity contribution >= 4 is 24.2 Å². The topological polar surface area (TPSA) is 9.23 Å². The van der Waals surface area contributed by atoms with Crippen LogP contribution >= 0.6 is 15.9 Å². The Bertz CT molecular complexity index is 150. The van der Waals surface area contributed by atoms with Crippen molar-refractivity contribution < 1.29 is 4.43 Å². The molecule has 0 aliphatic heterocycles. The fourth-order valence-corrected chi connectivity index (χ4v) is 4.49. The highest BCUT2D eigenvalue weighted by Gasteiger charge is 2.26. The molecule has 0 aromatic carbocycles. The van der Waals surface area contributed by atoms with Gasteiger partial charge in [-0.15, -0.1) is 0 Å². The van der Waals surface area contributed by atoms with Crippen molar-refractivity contribution in [1.82, 2.24) is 0 Å². The minimum absolute atomic E-state index is 0.396. The zero-order valence-electron chi connectivity index (χ0n) is 10.3. The Morgan fingerprint density at radius 1 is 1.29 bits per heavy atom. The van der Waals surface area contributed by atoms with E-state index in [0.29, 0.717) is 12.0 Å². The molecular formula is C11H25BrOSi. The number of alkyl halides is 1. The van der Waals surface area contributed by atoms with Gasteiger partial charge in [0.25, 0.3) is 0 Å². The normalized spacial score (nSPS) is 16.7. The van der Waals surface area contributed by atoms with Gasteiger partial charge in [0.15, 0.2) is 8.32 Å². The number of halogens is 1. The number of rotatable bonds is 7. The van der Waals surface area contributed by atoms with E-state index in [1.54, 1.807) is 0 Å². The highest BCUT2D eigenvalue weighted by atomic mass is 79.9. The predicted octanol–water partition coefficient (Wildman–Crippen LogP) is 4.43. The molecule has 0 aromatic rings. The van der Waals surface area contributed by atoms with Crippen molar-refractivity contribution in [3.8, 4) is 0 Å². The minimum Gasteiger partial charge on any atom is -0.414 e. The van der Waals surface area contributed by atoms with E-state index in [4.69, 9.17) is 4.43 Å². The molecule has 2 unspecified atom stereocenters. The molecule has 0 N–H and O–H groups in total. The third-order valence-electron chi connectivity index (χ3n) is 2.68. The van der Waals surface area contributed by atoms with Crippen LogP contribution in [0.25, 0.3) is 0 Å². The maximum Gasteiger partial charge on any atom is 0.187 e. The summed E-state index contributed by atoms with van der Waals surface area (Å²) in [6, 6.07) is 1.29. The average Bonchev–Trinajstić information content (AvgIpc) is 2.12.